The highest BCUT2D eigenvalue weighted by Crippen LogP contribution is 2.29. The van der Waals surface area contributed by atoms with Gasteiger partial charge in [0.1, 0.15) is 11.6 Å². The fourth-order valence-electron chi connectivity index (χ4n) is 3.35. The summed E-state index contributed by atoms with van der Waals surface area (Å²) in [6, 6.07) is 5.97. The van der Waals surface area contributed by atoms with E-state index in [9.17, 15) is 9.18 Å². The summed E-state index contributed by atoms with van der Waals surface area (Å²) in [4.78, 5) is 14.3. The van der Waals surface area contributed by atoms with Gasteiger partial charge >= 0.3 is 6.03 Å². The second-order valence-corrected chi connectivity index (χ2v) is 6.30. The Kier molecular flexibility index (Phi) is 5.21. The SMILES string of the molecule is COc1cccc(F)c1C(C)NC(=O)N1CCC(c2ccn[nH]2)CC1. The number of aromatic nitrogens is 2. The zero-order valence-corrected chi connectivity index (χ0v) is 14.5. The number of nitrogens with one attached hydrogen (secondary N) is 2. The fourth-order valence-corrected chi connectivity index (χ4v) is 3.35. The molecule has 1 saturated heterocycles. The van der Waals surface area contributed by atoms with Crippen molar-refractivity contribution in [2.45, 2.75) is 31.7 Å². The first-order chi connectivity index (χ1) is 12.1. The second kappa shape index (κ2) is 7.55. The number of hydrogen-bond donors (Lipinski definition) is 2. The van der Waals surface area contributed by atoms with Crippen LogP contribution in [0.25, 0.3) is 0 Å². The van der Waals surface area contributed by atoms with Crippen molar-refractivity contribution in [3.05, 3.63) is 47.5 Å². The van der Waals surface area contributed by atoms with Crippen molar-refractivity contribution < 1.29 is 13.9 Å². The predicted octanol–water partition coefficient (Wildman–Crippen LogP) is 3.21. The van der Waals surface area contributed by atoms with Gasteiger partial charge in [0.05, 0.1) is 18.7 Å². The van der Waals surface area contributed by atoms with Gasteiger partial charge in [0, 0.05) is 30.9 Å². The summed E-state index contributed by atoms with van der Waals surface area (Å²) in [7, 11) is 1.49. The normalized spacial score (nSPS) is 16.5. The minimum absolute atomic E-state index is 0.180. The van der Waals surface area contributed by atoms with E-state index in [-0.39, 0.29) is 11.8 Å². The number of methoxy groups -OCH3 is 1. The van der Waals surface area contributed by atoms with Crippen LogP contribution in [0.1, 0.15) is 43.0 Å². The molecule has 7 heteroatoms. The van der Waals surface area contributed by atoms with Gasteiger partial charge in [-0.1, -0.05) is 6.07 Å². The molecule has 0 saturated carbocycles. The number of carbonyl (C=O) groups is 1. The second-order valence-electron chi connectivity index (χ2n) is 6.30. The number of carbonyl (C=O) groups excluding carboxylic acids is 1. The topological polar surface area (TPSA) is 70.2 Å². The Balaban J connectivity index is 1.60. The smallest absolute Gasteiger partial charge is 0.317 e. The summed E-state index contributed by atoms with van der Waals surface area (Å²) in [5.41, 5.74) is 1.48. The molecule has 2 heterocycles. The Morgan fingerprint density at radius 3 is 2.80 bits per heavy atom. The molecular formula is C18H23FN4O2. The van der Waals surface area contributed by atoms with Crippen molar-refractivity contribution in [1.82, 2.24) is 20.4 Å². The maximum absolute atomic E-state index is 14.1. The molecule has 0 spiro atoms. The summed E-state index contributed by atoms with van der Waals surface area (Å²) in [6.07, 6.45) is 3.51. The van der Waals surface area contributed by atoms with Crippen LogP contribution in [0.3, 0.4) is 0 Å². The molecule has 3 rings (SSSR count). The maximum atomic E-state index is 14.1. The number of rotatable bonds is 4. The summed E-state index contributed by atoms with van der Waals surface area (Å²) in [5.74, 6) is 0.450. The van der Waals surface area contributed by atoms with Gasteiger partial charge in [-0.25, -0.2) is 9.18 Å². The van der Waals surface area contributed by atoms with Crippen molar-refractivity contribution in [1.29, 1.82) is 0 Å². The number of benzene rings is 1. The third-order valence-electron chi connectivity index (χ3n) is 4.75. The van der Waals surface area contributed by atoms with Crippen molar-refractivity contribution in [3.8, 4) is 5.75 Å². The molecule has 2 amide bonds. The van der Waals surface area contributed by atoms with Crippen molar-refractivity contribution in [3.63, 3.8) is 0 Å². The van der Waals surface area contributed by atoms with Gasteiger partial charge in [-0.05, 0) is 38.0 Å². The lowest BCUT2D eigenvalue weighted by molar-refractivity contribution is 0.177. The van der Waals surface area contributed by atoms with Gasteiger partial charge in [0.25, 0.3) is 0 Å². The van der Waals surface area contributed by atoms with E-state index in [4.69, 9.17) is 4.74 Å². The van der Waals surface area contributed by atoms with Crippen molar-refractivity contribution >= 4 is 6.03 Å². The number of amides is 2. The summed E-state index contributed by atoms with van der Waals surface area (Å²) < 4.78 is 19.3. The van der Waals surface area contributed by atoms with Gasteiger partial charge < -0.3 is 15.0 Å². The standard InChI is InChI=1S/C18H23FN4O2/c1-12(17-14(19)4-3-5-16(17)25-2)21-18(24)23-10-7-13(8-11-23)15-6-9-20-22-15/h3-6,9,12-13H,7-8,10-11H2,1-2H3,(H,20,22)(H,21,24). The molecule has 0 radical (unpaired) electrons. The van der Waals surface area contributed by atoms with E-state index in [1.54, 1.807) is 30.2 Å². The van der Waals surface area contributed by atoms with Gasteiger partial charge in [-0.15, -0.1) is 0 Å². The quantitative estimate of drug-likeness (QED) is 0.893. The van der Waals surface area contributed by atoms with Crippen LogP contribution >= 0.6 is 0 Å². The van der Waals surface area contributed by atoms with E-state index in [0.29, 0.717) is 30.3 Å². The number of urea groups is 1. The first-order valence-electron chi connectivity index (χ1n) is 8.47. The number of nitrogens with zero attached hydrogens (tertiary/aromatic N) is 2. The van der Waals surface area contributed by atoms with Crippen LogP contribution in [-0.4, -0.2) is 41.3 Å². The Labute approximate surface area is 146 Å². The van der Waals surface area contributed by atoms with Crippen LogP contribution in [0.15, 0.2) is 30.5 Å². The van der Waals surface area contributed by atoms with Gasteiger partial charge in [-0.2, -0.15) is 5.10 Å². The first-order valence-corrected chi connectivity index (χ1v) is 8.47. The Hall–Kier alpha value is -2.57. The lowest BCUT2D eigenvalue weighted by Crippen LogP contribution is -2.45. The van der Waals surface area contributed by atoms with E-state index < -0.39 is 6.04 Å². The average Bonchev–Trinajstić information content (AvgIpc) is 3.16. The largest absolute Gasteiger partial charge is 0.496 e. The summed E-state index contributed by atoms with van der Waals surface area (Å²) in [5, 5.41) is 9.86. The third-order valence-corrected chi connectivity index (χ3v) is 4.75. The molecular weight excluding hydrogens is 323 g/mol. The molecule has 25 heavy (non-hydrogen) atoms. The molecule has 2 aromatic rings. The highest BCUT2D eigenvalue weighted by molar-refractivity contribution is 5.75. The van der Waals surface area contributed by atoms with E-state index in [1.165, 1.54) is 13.2 Å². The molecule has 1 fully saturated rings. The van der Waals surface area contributed by atoms with E-state index in [0.717, 1.165) is 18.5 Å². The number of hydrogen-bond acceptors (Lipinski definition) is 3. The highest BCUT2D eigenvalue weighted by Gasteiger charge is 2.26. The number of H-pyrrole nitrogens is 1. The van der Waals surface area contributed by atoms with E-state index in [1.807, 2.05) is 6.07 Å². The molecule has 1 aliphatic heterocycles. The molecule has 1 aromatic heterocycles. The van der Waals surface area contributed by atoms with Crippen molar-refractivity contribution in [2.24, 2.45) is 0 Å². The predicted molar refractivity (Wildman–Crippen MR) is 92.0 cm³/mol. The summed E-state index contributed by atoms with van der Waals surface area (Å²) in [6.45, 7) is 3.09. The molecule has 6 nitrogen and oxygen atoms in total. The van der Waals surface area contributed by atoms with Crippen LogP contribution in [0.5, 0.6) is 5.75 Å². The van der Waals surface area contributed by atoms with Crippen LogP contribution in [-0.2, 0) is 0 Å². The molecule has 0 bridgehead atoms. The number of likely N-dealkylation sites (tertiary alicyclic amines) is 1. The molecule has 1 aliphatic rings. The molecule has 1 atom stereocenters. The number of ether oxygens (including phenoxy) is 1. The lowest BCUT2D eigenvalue weighted by atomic mass is 9.94. The zero-order chi connectivity index (χ0) is 17.8. The van der Waals surface area contributed by atoms with Crippen LogP contribution in [0, 0.1) is 5.82 Å². The van der Waals surface area contributed by atoms with E-state index in [2.05, 4.69) is 15.5 Å². The molecule has 134 valence electrons. The minimum atomic E-state index is -0.478. The van der Waals surface area contributed by atoms with Gasteiger partial charge in [0.2, 0.25) is 0 Å². The van der Waals surface area contributed by atoms with Crippen LogP contribution in [0.2, 0.25) is 0 Å². The number of aromatic amines is 1. The maximum Gasteiger partial charge on any atom is 0.317 e. The van der Waals surface area contributed by atoms with Gasteiger partial charge in [0.15, 0.2) is 0 Å². The summed E-state index contributed by atoms with van der Waals surface area (Å²) >= 11 is 0. The minimum Gasteiger partial charge on any atom is -0.496 e. The Morgan fingerprint density at radius 2 is 2.16 bits per heavy atom. The highest BCUT2D eigenvalue weighted by atomic mass is 19.1. The molecule has 1 aromatic carbocycles. The van der Waals surface area contributed by atoms with Gasteiger partial charge in [-0.3, -0.25) is 5.10 Å². The number of halogens is 1. The molecule has 2 N–H and O–H groups in total. The van der Waals surface area contributed by atoms with E-state index >= 15 is 0 Å². The fraction of sp³-hybridized carbons (Fsp3) is 0.444. The number of piperidine rings is 1. The van der Waals surface area contributed by atoms with Crippen LogP contribution < -0.4 is 10.1 Å². The lowest BCUT2D eigenvalue weighted by Gasteiger charge is -2.32. The Morgan fingerprint density at radius 1 is 1.40 bits per heavy atom. The molecule has 0 aliphatic carbocycles. The zero-order valence-electron chi connectivity index (χ0n) is 14.5. The molecule has 1 unspecified atom stereocenters. The average molecular weight is 346 g/mol. The monoisotopic (exact) mass is 346 g/mol. The van der Waals surface area contributed by atoms with Crippen molar-refractivity contribution in [2.75, 3.05) is 20.2 Å². The first kappa shape index (κ1) is 17.3. The van der Waals surface area contributed by atoms with Crippen LogP contribution in [0.4, 0.5) is 9.18 Å². The Bertz CT molecular complexity index is 712. The third kappa shape index (κ3) is 3.75.